The van der Waals surface area contributed by atoms with Crippen molar-refractivity contribution in [2.24, 2.45) is 7.05 Å². The Hall–Kier alpha value is -2.31. The highest BCUT2D eigenvalue weighted by Crippen LogP contribution is 2.29. The average Bonchev–Trinajstić information content (AvgIpc) is 3.13. The number of hydrogen-bond donors (Lipinski definition) is 0. The highest BCUT2D eigenvalue weighted by atomic mass is 32.2. The van der Waals surface area contributed by atoms with Gasteiger partial charge in [-0.05, 0) is 42.6 Å². The van der Waals surface area contributed by atoms with Crippen LogP contribution in [0, 0.1) is 0 Å². The summed E-state index contributed by atoms with van der Waals surface area (Å²) in [6, 6.07) is 18.9. The molecule has 5 nitrogen and oxygen atoms in total. The number of benzene rings is 2. The SMILES string of the molecule is COc1cccc(CN2CCC[C@H](c3nnc(SCc4ccccc4)n3C)C2)c1. The van der Waals surface area contributed by atoms with Crippen molar-refractivity contribution in [3.8, 4) is 5.75 Å². The van der Waals surface area contributed by atoms with Gasteiger partial charge in [0.05, 0.1) is 7.11 Å². The summed E-state index contributed by atoms with van der Waals surface area (Å²) < 4.78 is 7.55. The van der Waals surface area contributed by atoms with E-state index < -0.39 is 0 Å². The average molecular weight is 409 g/mol. The quantitative estimate of drug-likeness (QED) is 0.539. The molecule has 1 saturated heterocycles. The lowest BCUT2D eigenvalue weighted by molar-refractivity contribution is 0.194. The van der Waals surface area contributed by atoms with Crippen molar-refractivity contribution in [2.45, 2.75) is 36.2 Å². The smallest absolute Gasteiger partial charge is 0.191 e. The molecule has 1 aromatic heterocycles. The summed E-state index contributed by atoms with van der Waals surface area (Å²) in [5, 5.41) is 10.0. The third-order valence-corrected chi connectivity index (χ3v) is 6.58. The van der Waals surface area contributed by atoms with E-state index in [2.05, 4.69) is 75.2 Å². The highest BCUT2D eigenvalue weighted by Gasteiger charge is 2.26. The van der Waals surface area contributed by atoms with E-state index in [1.165, 1.54) is 24.0 Å². The summed E-state index contributed by atoms with van der Waals surface area (Å²) in [5.74, 6) is 3.37. The van der Waals surface area contributed by atoms with Crippen molar-refractivity contribution in [3.05, 3.63) is 71.5 Å². The predicted octanol–water partition coefficient (Wildman–Crippen LogP) is 4.50. The molecule has 0 spiro atoms. The maximum absolute atomic E-state index is 5.37. The minimum absolute atomic E-state index is 0.429. The summed E-state index contributed by atoms with van der Waals surface area (Å²) in [6.07, 6.45) is 2.36. The Kier molecular flexibility index (Phi) is 6.52. The molecular weight excluding hydrogens is 380 g/mol. The van der Waals surface area contributed by atoms with Crippen LogP contribution in [0.15, 0.2) is 59.8 Å². The van der Waals surface area contributed by atoms with Crippen LogP contribution < -0.4 is 4.74 Å². The van der Waals surface area contributed by atoms with Gasteiger partial charge >= 0.3 is 0 Å². The van der Waals surface area contributed by atoms with Gasteiger partial charge in [-0.3, -0.25) is 4.90 Å². The Balaban J connectivity index is 1.39. The molecule has 4 rings (SSSR count). The molecule has 2 aromatic carbocycles. The van der Waals surface area contributed by atoms with Crippen molar-refractivity contribution < 1.29 is 4.74 Å². The topological polar surface area (TPSA) is 43.2 Å². The normalized spacial score (nSPS) is 17.4. The van der Waals surface area contributed by atoms with Gasteiger partial charge < -0.3 is 9.30 Å². The van der Waals surface area contributed by atoms with Gasteiger partial charge in [-0.2, -0.15) is 0 Å². The first-order valence-electron chi connectivity index (χ1n) is 10.1. The summed E-state index contributed by atoms with van der Waals surface area (Å²) in [5.41, 5.74) is 2.60. The van der Waals surface area contributed by atoms with Gasteiger partial charge in [0.15, 0.2) is 5.16 Å². The number of piperidine rings is 1. The lowest BCUT2D eigenvalue weighted by Gasteiger charge is -2.32. The largest absolute Gasteiger partial charge is 0.497 e. The van der Waals surface area contributed by atoms with Crippen molar-refractivity contribution in [3.63, 3.8) is 0 Å². The molecule has 0 bridgehead atoms. The molecule has 0 radical (unpaired) electrons. The second-order valence-corrected chi connectivity index (χ2v) is 8.54. The van der Waals surface area contributed by atoms with Gasteiger partial charge in [0.2, 0.25) is 0 Å². The van der Waals surface area contributed by atoms with Gasteiger partial charge in [-0.1, -0.05) is 54.2 Å². The zero-order valence-corrected chi connectivity index (χ0v) is 17.9. The number of methoxy groups -OCH3 is 1. The number of likely N-dealkylation sites (tertiary alicyclic amines) is 1. The van der Waals surface area contributed by atoms with Crippen LogP contribution >= 0.6 is 11.8 Å². The van der Waals surface area contributed by atoms with E-state index in [4.69, 9.17) is 4.74 Å². The fourth-order valence-corrected chi connectivity index (χ4v) is 4.84. The second-order valence-electron chi connectivity index (χ2n) is 7.60. The fraction of sp³-hybridized carbons (Fsp3) is 0.391. The molecule has 3 aromatic rings. The number of hydrogen-bond acceptors (Lipinski definition) is 5. The Labute approximate surface area is 177 Å². The van der Waals surface area contributed by atoms with E-state index in [1.54, 1.807) is 18.9 Å². The highest BCUT2D eigenvalue weighted by molar-refractivity contribution is 7.98. The maximum atomic E-state index is 5.37. The van der Waals surface area contributed by atoms with Crippen LogP contribution in [-0.4, -0.2) is 39.9 Å². The van der Waals surface area contributed by atoms with Gasteiger partial charge in [0, 0.05) is 31.8 Å². The lowest BCUT2D eigenvalue weighted by atomic mass is 9.96. The first-order chi connectivity index (χ1) is 14.2. The predicted molar refractivity (Wildman–Crippen MR) is 117 cm³/mol. The van der Waals surface area contributed by atoms with E-state index in [1.807, 2.05) is 6.07 Å². The molecule has 1 aliphatic rings. The zero-order chi connectivity index (χ0) is 20.1. The molecule has 6 heteroatoms. The molecular formula is C23H28N4OS. The van der Waals surface area contributed by atoms with Crippen LogP contribution in [0.2, 0.25) is 0 Å². The molecule has 0 N–H and O–H groups in total. The first-order valence-corrected chi connectivity index (χ1v) is 11.1. The lowest BCUT2D eigenvalue weighted by Crippen LogP contribution is -2.34. The van der Waals surface area contributed by atoms with E-state index in [-0.39, 0.29) is 0 Å². The molecule has 1 atom stereocenters. The molecule has 0 aliphatic carbocycles. The summed E-state index contributed by atoms with van der Waals surface area (Å²) in [7, 11) is 3.82. The standard InChI is InChI=1S/C23H28N4OS/c1-26-22(24-25-23(26)29-17-18-8-4-3-5-9-18)20-11-7-13-27(16-20)15-19-10-6-12-21(14-19)28-2/h3-6,8-10,12,14,20H,7,11,13,15-17H2,1-2H3/t20-/m0/s1. The second kappa shape index (κ2) is 9.46. The molecule has 2 heterocycles. The molecule has 29 heavy (non-hydrogen) atoms. The van der Waals surface area contributed by atoms with Crippen LogP contribution in [0.25, 0.3) is 0 Å². The van der Waals surface area contributed by atoms with Crippen molar-refractivity contribution in [2.75, 3.05) is 20.2 Å². The maximum Gasteiger partial charge on any atom is 0.191 e. The molecule has 152 valence electrons. The molecule has 0 saturated carbocycles. The summed E-state index contributed by atoms with van der Waals surface area (Å²) in [4.78, 5) is 2.52. The third-order valence-electron chi connectivity index (χ3n) is 5.49. The van der Waals surface area contributed by atoms with Crippen LogP contribution in [0.4, 0.5) is 0 Å². The molecule has 1 fully saturated rings. The summed E-state index contributed by atoms with van der Waals surface area (Å²) in [6.45, 7) is 3.09. The third kappa shape index (κ3) is 5.00. The van der Waals surface area contributed by atoms with Gasteiger partial charge in [-0.15, -0.1) is 10.2 Å². The molecule has 0 unspecified atom stereocenters. The van der Waals surface area contributed by atoms with Gasteiger partial charge in [0.1, 0.15) is 11.6 Å². The number of thioether (sulfide) groups is 1. The van der Waals surface area contributed by atoms with E-state index in [9.17, 15) is 0 Å². The van der Waals surface area contributed by atoms with E-state index in [0.717, 1.165) is 42.1 Å². The zero-order valence-electron chi connectivity index (χ0n) is 17.1. The fourth-order valence-electron chi connectivity index (χ4n) is 3.97. The monoisotopic (exact) mass is 408 g/mol. The van der Waals surface area contributed by atoms with Crippen LogP contribution in [0.5, 0.6) is 5.75 Å². The minimum Gasteiger partial charge on any atom is -0.497 e. The van der Waals surface area contributed by atoms with Crippen molar-refractivity contribution in [1.82, 2.24) is 19.7 Å². The van der Waals surface area contributed by atoms with Crippen molar-refractivity contribution >= 4 is 11.8 Å². The molecule has 1 aliphatic heterocycles. The number of rotatable bonds is 7. The Morgan fingerprint density at radius 2 is 1.90 bits per heavy atom. The number of ether oxygens (including phenoxy) is 1. The number of aromatic nitrogens is 3. The van der Waals surface area contributed by atoms with Gasteiger partial charge in [-0.25, -0.2) is 0 Å². The van der Waals surface area contributed by atoms with Crippen LogP contribution in [0.1, 0.15) is 35.7 Å². The van der Waals surface area contributed by atoms with Crippen molar-refractivity contribution in [1.29, 1.82) is 0 Å². The Morgan fingerprint density at radius 3 is 2.72 bits per heavy atom. The Bertz CT molecular complexity index is 928. The van der Waals surface area contributed by atoms with Crippen LogP contribution in [0.3, 0.4) is 0 Å². The summed E-state index contributed by atoms with van der Waals surface area (Å²) >= 11 is 1.75. The van der Waals surface area contributed by atoms with E-state index >= 15 is 0 Å². The number of nitrogens with zero attached hydrogens (tertiary/aromatic N) is 4. The van der Waals surface area contributed by atoms with Gasteiger partial charge in [0.25, 0.3) is 0 Å². The van der Waals surface area contributed by atoms with E-state index in [0.29, 0.717) is 5.92 Å². The van der Waals surface area contributed by atoms with Crippen LogP contribution in [-0.2, 0) is 19.3 Å². The first kappa shape index (κ1) is 20.0. The Morgan fingerprint density at radius 1 is 1.07 bits per heavy atom. The minimum atomic E-state index is 0.429. The molecule has 0 amide bonds.